The maximum Gasteiger partial charge on any atom is 0.220 e. The maximum absolute atomic E-state index is 11.2. The van der Waals surface area contributed by atoms with Gasteiger partial charge in [-0.2, -0.15) is 0 Å². The van der Waals surface area contributed by atoms with Crippen LogP contribution in [0.1, 0.15) is 31.2 Å². The van der Waals surface area contributed by atoms with Crippen LogP contribution in [0.4, 0.5) is 0 Å². The zero-order valence-corrected chi connectivity index (χ0v) is 17.2. The molecule has 0 unspecified atom stereocenters. The van der Waals surface area contributed by atoms with E-state index in [-0.39, 0.29) is 11.8 Å². The molecule has 1 aromatic carbocycles. The molecule has 1 amide bonds. The summed E-state index contributed by atoms with van der Waals surface area (Å²) >= 11 is 6.24. The summed E-state index contributed by atoms with van der Waals surface area (Å²) in [6.45, 7) is 4.62. The molecular weight excluding hydrogens is 362 g/mol. The van der Waals surface area contributed by atoms with E-state index in [1.54, 1.807) is 7.05 Å². The Morgan fingerprint density at radius 3 is 2.67 bits per heavy atom. The summed E-state index contributed by atoms with van der Waals surface area (Å²) in [5.74, 6) is 0.795. The Morgan fingerprint density at radius 1 is 1.33 bits per heavy atom. The number of hydrogen-bond acceptors (Lipinski definition) is 3. The number of carbonyl (C=O) groups excluding carboxylic acids is 1. The molecule has 1 fully saturated rings. The average molecular weight is 394 g/mol. The lowest BCUT2D eigenvalue weighted by atomic mass is 9.96. The van der Waals surface area contributed by atoms with Crippen LogP contribution >= 0.6 is 11.6 Å². The Bertz CT molecular complexity index is 629. The first-order chi connectivity index (χ1) is 13.0. The lowest BCUT2D eigenvalue weighted by Gasteiger charge is -2.30. The van der Waals surface area contributed by atoms with Gasteiger partial charge in [0.1, 0.15) is 0 Å². The number of carbonyl (C=O) groups is 1. The Labute approximate surface area is 167 Å². The quantitative estimate of drug-likeness (QED) is 0.404. The van der Waals surface area contributed by atoms with Crippen LogP contribution in [0.15, 0.2) is 29.3 Å². The zero-order valence-electron chi connectivity index (χ0n) is 16.5. The van der Waals surface area contributed by atoms with Crippen molar-refractivity contribution in [3.05, 3.63) is 34.9 Å². The maximum atomic E-state index is 11.2. The van der Waals surface area contributed by atoms with Gasteiger partial charge in [-0.15, -0.1) is 0 Å². The van der Waals surface area contributed by atoms with Crippen LogP contribution in [0.5, 0.6) is 0 Å². The van der Waals surface area contributed by atoms with Gasteiger partial charge in [0.2, 0.25) is 5.91 Å². The van der Waals surface area contributed by atoms with Crippen molar-refractivity contribution in [1.82, 2.24) is 15.1 Å². The molecule has 3 N–H and O–H groups in total. The van der Waals surface area contributed by atoms with Gasteiger partial charge in [0.05, 0.1) is 0 Å². The Hall–Kier alpha value is -1.79. The first kappa shape index (κ1) is 21.5. The molecule has 1 aromatic rings. The van der Waals surface area contributed by atoms with Crippen LogP contribution in [0.2, 0.25) is 5.02 Å². The van der Waals surface area contributed by atoms with E-state index < -0.39 is 0 Å². The predicted molar refractivity (Wildman–Crippen MR) is 112 cm³/mol. The number of aliphatic imine (C=N–C) groups is 1. The summed E-state index contributed by atoms with van der Waals surface area (Å²) in [7, 11) is 3.82. The van der Waals surface area contributed by atoms with E-state index in [0.29, 0.717) is 6.54 Å². The predicted octanol–water partition coefficient (Wildman–Crippen LogP) is 2.32. The largest absolute Gasteiger partial charge is 0.369 e. The van der Waals surface area contributed by atoms with Gasteiger partial charge in [-0.1, -0.05) is 29.8 Å². The third kappa shape index (κ3) is 7.03. The molecule has 0 aromatic heterocycles. The first-order valence-corrected chi connectivity index (χ1v) is 10.1. The molecule has 0 atom stereocenters. The van der Waals surface area contributed by atoms with Crippen LogP contribution < -0.4 is 11.1 Å². The SMILES string of the molecule is CN=C(NCCCCN1CCC(C(N)=O)CC1)N(C)Cc1ccccc1Cl. The van der Waals surface area contributed by atoms with Gasteiger partial charge in [-0.05, 0) is 56.9 Å². The van der Waals surface area contributed by atoms with Crippen molar-refractivity contribution >= 4 is 23.5 Å². The van der Waals surface area contributed by atoms with Crippen molar-refractivity contribution in [3.63, 3.8) is 0 Å². The van der Waals surface area contributed by atoms with E-state index in [4.69, 9.17) is 17.3 Å². The summed E-state index contributed by atoms with van der Waals surface area (Å²) in [6, 6.07) is 7.88. The molecule has 0 radical (unpaired) electrons. The minimum absolute atomic E-state index is 0.0693. The number of primary amides is 1. The summed E-state index contributed by atoms with van der Waals surface area (Å²) in [6.07, 6.45) is 3.99. The number of nitrogens with zero attached hydrogens (tertiary/aromatic N) is 3. The number of halogens is 1. The molecule has 1 aliphatic heterocycles. The summed E-state index contributed by atoms with van der Waals surface area (Å²) in [5, 5.41) is 4.20. The number of benzene rings is 1. The van der Waals surface area contributed by atoms with E-state index in [1.807, 2.05) is 31.3 Å². The molecule has 150 valence electrons. The van der Waals surface area contributed by atoms with Gasteiger partial charge in [0, 0.05) is 38.1 Å². The molecule has 1 saturated heterocycles. The summed E-state index contributed by atoms with van der Waals surface area (Å²) in [4.78, 5) is 20.1. The molecule has 0 spiro atoms. The van der Waals surface area contributed by atoms with Crippen molar-refractivity contribution < 1.29 is 4.79 Å². The number of likely N-dealkylation sites (tertiary alicyclic amines) is 1. The highest BCUT2D eigenvalue weighted by Crippen LogP contribution is 2.17. The van der Waals surface area contributed by atoms with E-state index in [0.717, 1.165) is 68.4 Å². The molecule has 0 saturated carbocycles. The number of guanidine groups is 1. The molecule has 0 bridgehead atoms. The second-order valence-corrected chi connectivity index (χ2v) is 7.55. The average Bonchev–Trinajstić information content (AvgIpc) is 2.66. The second kappa shape index (κ2) is 11.1. The molecule has 7 heteroatoms. The fourth-order valence-electron chi connectivity index (χ4n) is 3.44. The monoisotopic (exact) mass is 393 g/mol. The van der Waals surface area contributed by atoms with Crippen LogP contribution in [-0.4, -0.2) is 61.9 Å². The van der Waals surface area contributed by atoms with Crippen molar-refractivity contribution in [3.8, 4) is 0 Å². The van der Waals surface area contributed by atoms with Crippen LogP contribution in [0.3, 0.4) is 0 Å². The summed E-state index contributed by atoms with van der Waals surface area (Å²) < 4.78 is 0. The Balaban J connectivity index is 1.64. The molecular formula is C20H32ClN5O. The van der Waals surface area contributed by atoms with Crippen LogP contribution in [0, 0.1) is 5.92 Å². The molecule has 2 rings (SSSR count). The van der Waals surface area contributed by atoms with Gasteiger partial charge in [0.25, 0.3) is 0 Å². The lowest BCUT2D eigenvalue weighted by molar-refractivity contribution is -0.123. The number of rotatable bonds is 8. The number of piperidine rings is 1. The van der Waals surface area contributed by atoms with Gasteiger partial charge < -0.3 is 20.9 Å². The van der Waals surface area contributed by atoms with Crippen molar-refractivity contribution in [2.45, 2.75) is 32.2 Å². The number of nitrogens with two attached hydrogens (primary N) is 1. The van der Waals surface area contributed by atoms with Gasteiger partial charge in [-0.25, -0.2) is 0 Å². The smallest absolute Gasteiger partial charge is 0.220 e. The minimum atomic E-state index is -0.147. The van der Waals surface area contributed by atoms with Gasteiger partial charge in [-0.3, -0.25) is 9.79 Å². The third-order valence-corrected chi connectivity index (χ3v) is 5.48. The number of nitrogens with one attached hydrogen (secondary N) is 1. The highest BCUT2D eigenvalue weighted by molar-refractivity contribution is 6.31. The Morgan fingerprint density at radius 2 is 2.04 bits per heavy atom. The third-order valence-electron chi connectivity index (χ3n) is 5.11. The van der Waals surface area contributed by atoms with Crippen molar-refractivity contribution in [1.29, 1.82) is 0 Å². The lowest BCUT2D eigenvalue weighted by Crippen LogP contribution is -2.40. The highest BCUT2D eigenvalue weighted by atomic mass is 35.5. The number of amides is 1. The van der Waals surface area contributed by atoms with E-state index in [1.165, 1.54) is 0 Å². The fourth-order valence-corrected chi connectivity index (χ4v) is 3.64. The highest BCUT2D eigenvalue weighted by Gasteiger charge is 2.22. The van der Waals surface area contributed by atoms with E-state index >= 15 is 0 Å². The minimum Gasteiger partial charge on any atom is -0.369 e. The van der Waals surface area contributed by atoms with E-state index in [9.17, 15) is 4.79 Å². The normalized spacial score (nSPS) is 16.3. The van der Waals surface area contributed by atoms with Gasteiger partial charge >= 0.3 is 0 Å². The topological polar surface area (TPSA) is 74.0 Å². The molecule has 6 nitrogen and oxygen atoms in total. The molecule has 1 heterocycles. The van der Waals surface area contributed by atoms with Crippen LogP contribution in [0.25, 0.3) is 0 Å². The molecule has 1 aliphatic rings. The Kier molecular flexibility index (Phi) is 8.88. The van der Waals surface area contributed by atoms with Crippen molar-refractivity contribution in [2.24, 2.45) is 16.6 Å². The second-order valence-electron chi connectivity index (χ2n) is 7.15. The summed E-state index contributed by atoms with van der Waals surface area (Å²) in [5.41, 5.74) is 6.47. The van der Waals surface area contributed by atoms with E-state index in [2.05, 4.69) is 20.1 Å². The molecule has 0 aliphatic carbocycles. The first-order valence-electron chi connectivity index (χ1n) is 9.68. The number of unbranched alkanes of at least 4 members (excludes halogenated alkanes) is 1. The van der Waals surface area contributed by atoms with Crippen molar-refractivity contribution in [2.75, 3.05) is 40.3 Å². The fraction of sp³-hybridized carbons (Fsp3) is 0.600. The standard InChI is InChI=1S/C20H32ClN5O/c1-23-20(25(2)15-17-7-3-4-8-18(17)21)24-11-5-6-12-26-13-9-16(10-14-26)19(22)27/h3-4,7-8,16H,5-6,9-15H2,1-2H3,(H2,22,27)(H,23,24). The number of hydrogen-bond donors (Lipinski definition) is 2. The molecule has 27 heavy (non-hydrogen) atoms. The zero-order chi connectivity index (χ0) is 19.6. The van der Waals surface area contributed by atoms with Gasteiger partial charge in [0.15, 0.2) is 5.96 Å². The van der Waals surface area contributed by atoms with Crippen LogP contribution in [-0.2, 0) is 11.3 Å².